The molecule has 0 saturated heterocycles. The number of nitrogens with one attached hydrogen (secondary N) is 2. The van der Waals surface area contributed by atoms with Crippen LogP contribution in [0.2, 0.25) is 0 Å². The Kier molecular flexibility index (Phi) is 4.58. The largest absolute Gasteiger partial charge is 0.494 e. The molecule has 0 unspecified atom stereocenters. The van der Waals surface area contributed by atoms with Gasteiger partial charge in [0.15, 0.2) is 0 Å². The zero-order chi connectivity index (χ0) is 22.2. The van der Waals surface area contributed by atoms with E-state index in [1.165, 1.54) is 10.7 Å². The van der Waals surface area contributed by atoms with Gasteiger partial charge in [0.05, 0.1) is 22.8 Å². The maximum atomic E-state index is 12.7. The molecule has 0 saturated carbocycles. The first-order chi connectivity index (χ1) is 15.6. The maximum Gasteiger partial charge on any atom is 0.288 e. The maximum absolute atomic E-state index is 12.7. The summed E-state index contributed by atoms with van der Waals surface area (Å²) in [4.78, 5) is 24.0. The van der Waals surface area contributed by atoms with Crippen LogP contribution in [0.15, 0.2) is 53.3 Å². The number of aromatic amines is 1. The predicted molar refractivity (Wildman–Crippen MR) is 113 cm³/mol. The van der Waals surface area contributed by atoms with Gasteiger partial charge in [0, 0.05) is 17.2 Å². The highest BCUT2D eigenvalue weighted by molar-refractivity contribution is 5.76. The minimum atomic E-state index is -0.853. The molecule has 0 bridgehead atoms. The van der Waals surface area contributed by atoms with Crippen LogP contribution in [0.3, 0.4) is 0 Å². The van der Waals surface area contributed by atoms with E-state index in [9.17, 15) is 14.9 Å². The summed E-state index contributed by atoms with van der Waals surface area (Å²) >= 11 is 0. The number of aromatic nitrogens is 6. The van der Waals surface area contributed by atoms with Crippen LogP contribution >= 0.6 is 0 Å². The van der Waals surface area contributed by atoms with E-state index in [0.29, 0.717) is 34.7 Å². The van der Waals surface area contributed by atoms with Crippen molar-refractivity contribution in [1.29, 1.82) is 0 Å². The van der Waals surface area contributed by atoms with Crippen molar-refractivity contribution < 1.29 is 9.66 Å². The first kappa shape index (κ1) is 19.4. The number of nitro benzene ring substituents is 1. The Bertz CT molecular complexity index is 1380. The minimum absolute atomic E-state index is 0.121. The Morgan fingerprint density at radius 3 is 2.72 bits per heavy atom. The molecule has 12 nitrogen and oxygen atoms in total. The number of anilines is 2. The molecule has 1 aliphatic heterocycles. The Hall–Kier alpha value is -4.61. The lowest BCUT2D eigenvalue weighted by molar-refractivity contribution is -0.385. The van der Waals surface area contributed by atoms with Gasteiger partial charge in [-0.1, -0.05) is 17.2 Å². The van der Waals surface area contributed by atoms with Crippen molar-refractivity contribution >= 4 is 17.3 Å². The van der Waals surface area contributed by atoms with E-state index in [0.717, 1.165) is 0 Å². The number of tetrazole rings is 1. The van der Waals surface area contributed by atoms with Crippen molar-refractivity contribution in [3.8, 4) is 17.0 Å². The number of ether oxygens (including phenoxy) is 1. The topological polar surface area (TPSA) is 154 Å². The van der Waals surface area contributed by atoms with Crippen LogP contribution in [0.25, 0.3) is 11.3 Å². The highest BCUT2D eigenvalue weighted by Gasteiger charge is 2.37. The van der Waals surface area contributed by atoms with Gasteiger partial charge in [-0.05, 0) is 47.7 Å². The van der Waals surface area contributed by atoms with Crippen LogP contribution in [0.4, 0.5) is 17.3 Å². The fourth-order valence-corrected chi connectivity index (χ4v) is 3.81. The van der Waals surface area contributed by atoms with Gasteiger partial charge < -0.3 is 10.1 Å². The smallest absolute Gasteiger partial charge is 0.288 e. The fraction of sp³-hybridized carbons (Fsp3) is 0.150. The average Bonchev–Trinajstić information content (AvgIpc) is 3.27. The minimum Gasteiger partial charge on any atom is -0.494 e. The summed E-state index contributed by atoms with van der Waals surface area (Å²) in [6, 6.07) is 12.6. The van der Waals surface area contributed by atoms with Gasteiger partial charge in [-0.2, -0.15) is 9.78 Å². The third-order valence-corrected chi connectivity index (χ3v) is 5.14. The molecule has 2 aromatic carbocycles. The van der Waals surface area contributed by atoms with E-state index in [2.05, 4.69) is 31.0 Å². The highest BCUT2D eigenvalue weighted by atomic mass is 16.6. The second kappa shape index (κ2) is 7.58. The van der Waals surface area contributed by atoms with E-state index in [1.807, 2.05) is 6.92 Å². The summed E-state index contributed by atoms with van der Waals surface area (Å²) in [6.45, 7) is 2.41. The first-order valence-corrected chi connectivity index (χ1v) is 9.72. The third-order valence-electron chi connectivity index (χ3n) is 5.14. The molecule has 3 heterocycles. The number of para-hydroxylation sites is 1. The van der Waals surface area contributed by atoms with E-state index in [1.54, 1.807) is 42.5 Å². The van der Waals surface area contributed by atoms with Crippen LogP contribution in [0, 0.1) is 10.1 Å². The van der Waals surface area contributed by atoms with E-state index < -0.39 is 16.5 Å². The third kappa shape index (κ3) is 3.05. The second-order valence-electron chi connectivity index (χ2n) is 6.94. The molecule has 0 radical (unpaired) electrons. The normalized spacial score (nSPS) is 14.2. The molecule has 160 valence electrons. The van der Waals surface area contributed by atoms with Crippen molar-refractivity contribution in [3.05, 3.63) is 80.1 Å². The number of fused-ring (bicyclic) bond motifs is 2. The number of nitrogens with zero attached hydrogens (tertiary/aromatic N) is 6. The number of rotatable bonds is 5. The fourth-order valence-electron chi connectivity index (χ4n) is 3.81. The zero-order valence-electron chi connectivity index (χ0n) is 16.7. The average molecular weight is 432 g/mol. The van der Waals surface area contributed by atoms with Crippen LogP contribution in [-0.4, -0.2) is 41.9 Å². The summed E-state index contributed by atoms with van der Waals surface area (Å²) in [7, 11) is 0. The molecule has 0 amide bonds. The summed E-state index contributed by atoms with van der Waals surface area (Å²) in [5.74, 6) is 0.876. The summed E-state index contributed by atoms with van der Waals surface area (Å²) in [6.07, 6.45) is 0. The molecule has 2 aromatic heterocycles. The molecule has 0 fully saturated rings. The van der Waals surface area contributed by atoms with Gasteiger partial charge in [0.2, 0.25) is 5.95 Å². The zero-order valence-corrected chi connectivity index (χ0v) is 16.7. The molecular formula is C20H16N8O4. The highest BCUT2D eigenvalue weighted by Crippen LogP contribution is 2.43. The molecule has 12 heteroatoms. The predicted octanol–water partition coefficient (Wildman–Crippen LogP) is 2.42. The van der Waals surface area contributed by atoms with Crippen LogP contribution in [0.1, 0.15) is 24.1 Å². The van der Waals surface area contributed by atoms with Gasteiger partial charge in [-0.3, -0.25) is 14.9 Å². The molecule has 0 aliphatic carbocycles. The van der Waals surface area contributed by atoms with Crippen molar-refractivity contribution in [2.75, 3.05) is 11.9 Å². The number of hydrogen-bond acceptors (Lipinski definition) is 9. The Balaban J connectivity index is 1.78. The summed E-state index contributed by atoms with van der Waals surface area (Å²) in [5.41, 5.74) is 1.43. The lowest BCUT2D eigenvalue weighted by atomic mass is 9.91. The van der Waals surface area contributed by atoms with E-state index in [-0.39, 0.29) is 17.3 Å². The van der Waals surface area contributed by atoms with Crippen LogP contribution < -0.4 is 15.6 Å². The van der Waals surface area contributed by atoms with E-state index >= 15 is 0 Å². The second-order valence-corrected chi connectivity index (χ2v) is 6.94. The van der Waals surface area contributed by atoms with Gasteiger partial charge in [0.1, 0.15) is 17.5 Å². The van der Waals surface area contributed by atoms with Crippen molar-refractivity contribution in [2.24, 2.45) is 0 Å². The van der Waals surface area contributed by atoms with Crippen LogP contribution in [-0.2, 0) is 0 Å². The number of H-pyrrole nitrogens is 1. The molecule has 32 heavy (non-hydrogen) atoms. The molecule has 4 aromatic rings. The van der Waals surface area contributed by atoms with Gasteiger partial charge in [-0.25, -0.2) is 5.10 Å². The lowest BCUT2D eigenvalue weighted by Crippen LogP contribution is -2.29. The van der Waals surface area contributed by atoms with Crippen molar-refractivity contribution in [3.63, 3.8) is 0 Å². The molecule has 1 aliphatic rings. The first-order valence-electron chi connectivity index (χ1n) is 9.72. The monoisotopic (exact) mass is 432 g/mol. The molecule has 0 spiro atoms. The standard InChI is InChI=1S/C20H16N8O4/c1-2-32-12-9-7-11(8-10-12)16-15-17(19(29)23-22-16)21-20-24-25-26-27(20)18(15)13-5-3-4-6-14(13)28(30)31/h3-10,18H,2H2,1H3,(H,23,29)(H,21,24,26)/t18-/m0/s1. The number of nitro groups is 1. The van der Waals surface area contributed by atoms with Crippen LogP contribution in [0.5, 0.6) is 5.75 Å². The molecule has 2 N–H and O–H groups in total. The van der Waals surface area contributed by atoms with Crippen molar-refractivity contribution in [1.82, 2.24) is 30.4 Å². The summed E-state index contributed by atoms with van der Waals surface area (Å²) in [5, 5.41) is 33.1. The molecule has 1 atom stereocenters. The van der Waals surface area contributed by atoms with Gasteiger partial charge in [0.25, 0.3) is 11.2 Å². The van der Waals surface area contributed by atoms with E-state index in [4.69, 9.17) is 4.74 Å². The SMILES string of the molecule is CCOc1ccc(-c2n[nH]c(=O)c3c2[C@H](c2ccccc2[N+](=O)[O-])n2nnnc2N3)cc1. The summed E-state index contributed by atoms with van der Waals surface area (Å²) < 4.78 is 6.91. The Labute approximate surface area is 180 Å². The van der Waals surface area contributed by atoms with Gasteiger partial charge in [-0.15, -0.1) is 0 Å². The molecular weight excluding hydrogens is 416 g/mol. The van der Waals surface area contributed by atoms with Crippen molar-refractivity contribution in [2.45, 2.75) is 13.0 Å². The van der Waals surface area contributed by atoms with Gasteiger partial charge >= 0.3 is 0 Å². The lowest BCUT2D eigenvalue weighted by Gasteiger charge is -2.27. The number of benzene rings is 2. The quantitative estimate of drug-likeness (QED) is 0.315. The Morgan fingerprint density at radius 2 is 1.97 bits per heavy atom. The number of hydrogen-bond donors (Lipinski definition) is 2. The Morgan fingerprint density at radius 1 is 1.19 bits per heavy atom. The molecule has 5 rings (SSSR count).